The number of imidazole rings is 1. The van der Waals surface area contributed by atoms with Crippen LogP contribution < -0.4 is 10.6 Å². The fourth-order valence-corrected chi connectivity index (χ4v) is 2.52. The molecule has 1 fully saturated rings. The summed E-state index contributed by atoms with van der Waals surface area (Å²) in [5, 5.41) is 0. The number of aryl methyl sites for hydroxylation is 1. The van der Waals surface area contributed by atoms with Crippen molar-refractivity contribution in [2.75, 3.05) is 37.6 Å². The third-order valence-electron chi connectivity index (χ3n) is 3.65. The average molecular weight is 237 g/mol. The summed E-state index contributed by atoms with van der Waals surface area (Å²) in [6.45, 7) is 7.23. The molecule has 0 aliphatic carbocycles. The molecule has 0 bridgehead atoms. The first kappa shape index (κ1) is 12.4. The normalized spacial score (nSPS) is 19.6. The van der Waals surface area contributed by atoms with Gasteiger partial charge in [-0.1, -0.05) is 6.92 Å². The Bertz CT molecular complexity index is 336. The van der Waals surface area contributed by atoms with Gasteiger partial charge < -0.3 is 15.2 Å². The molecule has 5 nitrogen and oxygen atoms in total. The number of anilines is 1. The first-order valence-electron chi connectivity index (χ1n) is 6.42. The van der Waals surface area contributed by atoms with E-state index in [2.05, 4.69) is 26.3 Å². The van der Waals surface area contributed by atoms with Crippen LogP contribution in [0.15, 0.2) is 12.4 Å². The lowest BCUT2D eigenvalue weighted by Gasteiger charge is -2.39. The minimum atomic E-state index is 0.540. The minimum absolute atomic E-state index is 0.540. The number of hydrogen-bond donors (Lipinski definition) is 1. The highest BCUT2D eigenvalue weighted by molar-refractivity contribution is 5.31. The van der Waals surface area contributed by atoms with Crippen LogP contribution in [0.5, 0.6) is 0 Å². The fraction of sp³-hybridized carbons (Fsp3) is 0.750. The topological polar surface area (TPSA) is 50.3 Å². The maximum absolute atomic E-state index is 5.80. The minimum Gasteiger partial charge on any atom is -0.340 e. The van der Waals surface area contributed by atoms with Crippen LogP contribution in [0.25, 0.3) is 0 Å². The number of nitrogens with zero attached hydrogens (tertiary/aromatic N) is 4. The van der Waals surface area contributed by atoms with Crippen LogP contribution in [-0.4, -0.2) is 53.2 Å². The Morgan fingerprint density at radius 1 is 1.35 bits per heavy atom. The second-order valence-electron chi connectivity index (χ2n) is 4.66. The van der Waals surface area contributed by atoms with Crippen LogP contribution in [0.4, 0.5) is 5.95 Å². The van der Waals surface area contributed by atoms with Gasteiger partial charge in [0.1, 0.15) is 0 Å². The number of piperazine rings is 1. The average Bonchev–Trinajstić information content (AvgIpc) is 2.78. The molecular formula is C12H23N5. The van der Waals surface area contributed by atoms with Crippen molar-refractivity contribution >= 4 is 5.95 Å². The van der Waals surface area contributed by atoms with Gasteiger partial charge >= 0.3 is 0 Å². The number of hydrogen-bond acceptors (Lipinski definition) is 4. The van der Waals surface area contributed by atoms with Crippen molar-refractivity contribution in [2.24, 2.45) is 12.8 Å². The molecule has 1 unspecified atom stereocenters. The van der Waals surface area contributed by atoms with E-state index in [1.165, 1.54) is 0 Å². The van der Waals surface area contributed by atoms with Crippen LogP contribution in [0, 0.1) is 0 Å². The summed E-state index contributed by atoms with van der Waals surface area (Å²) in [6.07, 6.45) is 4.99. The van der Waals surface area contributed by atoms with Gasteiger partial charge in [-0.3, -0.25) is 4.90 Å². The predicted molar refractivity (Wildman–Crippen MR) is 70.1 cm³/mol. The smallest absolute Gasteiger partial charge is 0.205 e. The molecule has 1 saturated heterocycles. The molecule has 1 atom stereocenters. The Kier molecular flexibility index (Phi) is 4.02. The molecule has 2 N–H and O–H groups in total. The highest BCUT2D eigenvalue weighted by Gasteiger charge is 2.23. The molecule has 1 aliphatic heterocycles. The molecule has 0 spiro atoms. The van der Waals surface area contributed by atoms with E-state index in [0.29, 0.717) is 6.04 Å². The molecule has 96 valence electrons. The number of aromatic nitrogens is 2. The highest BCUT2D eigenvalue weighted by atomic mass is 15.4. The second-order valence-corrected chi connectivity index (χ2v) is 4.66. The largest absolute Gasteiger partial charge is 0.340 e. The molecule has 5 heteroatoms. The molecule has 1 aliphatic rings. The standard InChI is InChI=1S/C12H23N5/c1-3-11(10-13)16-6-8-17(9-7-16)12-14-4-5-15(12)2/h4-5,11H,3,6-10,13H2,1-2H3. The van der Waals surface area contributed by atoms with Crippen LogP contribution in [0.2, 0.25) is 0 Å². The zero-order chi connectivity index (χ0) is 12.3. The zero-order valence-corrected chi connectivity index (χ0v) is 10.8. The van der Waals surface area contributed by atoms with Gasteiger partial charge in [0, 0.05) is 58.2 Å². The van der Waals surface area contributed by atoms with Gasteiger partial charge in [0.15, 0.2) is 0 Å². The molecule has 0 radical (unpaired) electrons. The van der Waals surface area contributed by atoms with Crippen LogP contribution in [-0.2, 0) is 7.05 Å². The second kappa shape index (κ2) is 5.51. The fourth-order valence-electron chi connectivity index (χ4n) is 2.52. The summed E-state index contributed by atoms with van der Waals surface area (Å²) in [6, 6.07) is 0.540. The van der Waals surface area contributed by atoms with Gasteiger partial charge in [-0.15, -0.1) is 0 Å². The molecule has 17 heavy (non-hydrogen) atoms. The van der Waals surface area contributed by atoms with Gasteiger partial charge in [0.05, 0.1) is 0 Å². The maximum Gasteiger partial charge on any atom is 0.205 e. The van der Waals surface area contributed by atoms with Crippen molar-refractivity contribution in [1.29, 1.82) is 0 Å². The maximum atomic E-state index is 5.80. The highest BCUT2D eigenvalue weighted by Crippen LogP contribution is 2.14. The van der Waals surface area contributed by atoms with E-state index in [9.17, 15) is 0 Å². The van der Waals surface area contributed by atoms with Crippen LogP contribution in [0.3, 0.4) is 0 Å². The summed E-state index contributed by atoms with van der Waals surface area (Å²) < 4.78 is 2.08. The van der Waals surface area contributed by atoms with Gasteiger partial charge in [0.2, 0.25) is 5.95 Å². The van der Waals surface area contributed by atoms with Gasteiger partial charge in [-0.05, 0) is 6.42 Å². The summed E-state index contributed by atoms with van der Waals surface area (Å²) in [5.41, 5.74) is 5.80. The van der Waals surface area contributed by atoms with E-state index in [1.807, 2.05) is 19.4 Å². The zero-order valence-electron chi connectivity index (χ0n) is 10.8. The van der Waals surface area contributed by atoms with E-state index in [-0.39, 0.29) is 0 Å². The molecule has 1 aromatic rings. The molecule has 0 aromatic carbocycles. The van der Waals surface area contributed by atoms with Crippen molar-refractivity contribution in [1.82, 2.24) is 14.5 Å². The molecule has 1 aromatic heterocycles. The summed E-state index contributed by atoms with van der Waals surface area (Å²) in [7, 11) is 2.05. The van der Waals surface area contributed by atoms with E-state index in [0.717, 1.165) is 45.1 Å². The molecule has 0 saturated carbocycles. The Labute approximate surface area is 103 Å². The van der Waals surface area contributed by atoms with Crippen LogP contribution in [0.1, 0.15) is 13.3 Å². The van der Waals surface area contributed by atoms with Gasteiger partial charge in [0.25, 0.3) is 0 Å². The van der Waals surface area contributed by atoms with Gasteiger partial charge in [-0.2, -0.15) is 0 Å². The summed E-state index contributed by atoms with van der Waals surface area (Å²) >= 11 is 0. The van der Waals surface area contributed by atoms with Gasteiger partial charge in [-0.25, -0.2) is 4.98 Å². The number of rotatable bonds is 4. The third kappa shape index (κ3) is 2.61. The molecule has 2 heterocycles. The molecule has 2 rings (SSSR count). The molecule has 0 amide bonds. The lowest BCUT2D eigenvalue weighted by molar-refractivity contribution is 0.183. The quantitative estimate of drug-likeness (QED) is 0.817. The first-order chi connectivity index (χ1) is 8.26. The van der Waals surface area contributed by atoms with E-state index in [4.69, 9.17) is 5.73 Å². The Morgan fingerprint density at radius 3 is 2.53 bits per heavy atom. The third-order valence-corrected chi connectivity index (χ3v) is 3.65. The first-order valence-corrected chi connectivity index (χ1v) is 6.42. The predicted octanol–water partition coefficient (Wildman–Crippen LogP) is 0.279. The lowest BCUT2D eigenvalue weighted by atomic mass is 10.1. The Hall–Kier alpha value is -1.07. The molecular weight excluding hydrogens is 214 g/mol. The van der Waals surface area contributed by atoms with E-state index in [1.54, 1.807) is 0 Å². The lowest BCUT2D eigenvalue weighted by Crippen LogP contribution is -2.52. The van der Waals surface area contributed by atoms with Crippen LogP contribution >= 0.6 is 0 Å². The number of nitrogens with two attached hydrogens (primary N) is 1. The Balaban J connectivity index is 1.92. The monoisotopic (exact) mass is 237 g/mol. The Morgan fingerprint density at radius 2 is 2.06 bits per heavy atom. The van der Waals surface area contributed by atoms with Crippen molar-refractivity contribution < 1.29 is 0 Å². The summed E-state index contributed by atoms with van der Waals surface area (Å²) in [4.78, 5) is 9.24. The van der Waals surface area contributed by atoms with E-state index >= 15 is 0 Å². The summed E-state index contributed by atoms with van der Waals surface area (Å²) in [5.74, 6) is 1.07. The van der Waals surface area contributed by atoms with Crippen molar-refractivity contribution in [3.05, 3.63) is 12.4 Å². The van der Waals surface area contributed by atoms with Crippen molar-refractivity contribution in [3.63, 3.8) is 0 Å². The van der Waals surface area contributed by atoms with Crippen molar-refractivity contribution in [3.8, 4) is 0 Å². The SMILES string of the molecule is CCC(CN)N1CCN(c2nccn2C)CC1. The van der Waals surface area contributed by atoms with Crippen molar-refractivity contribution in [2.45, 2.75) is 19.4 Å². The van der Waals surface area contributed by atoms with E-state index < -0.39 is 0 Å².